The molecule has 0 saturated carbocycles. The van der Waals surface area contributed by atoms with E-state index in [0.717, 1.165) is 22.3 Å². The summed E-state index contributed by atoms with van der Waals surface area (Å²) in [5.74, 6) is -1.25. The number of sulfone groups is 2. The fourth-order valence-corrected chi connectivity index (χ4v) is 22.7. The van der Waals surface area contributed by atoms with Crippen LogP contribution >= 0.6 is 45.3 Å². The van der Waals surface area contributed by atoms with Crippen molar-refractivity contribution >= 4 is 107 Å². The molecule has 11 aromatic rings. The van der Waals surface area contributed by atoms with Gasteiger partial charge in [-0.3, -0.25) is 0 Å². The molecule has 8 nitrogen and oxygen atoms in total. The Morgan fingerprint density at radius 2 is 0.795 bits per heavy atom. The number of thiophene rings is 4. The van der Waals surface area contributed by atoms with E-state index in [9.17, 15) is 27.4 Å². The van der Waals surface area contributed by atoms with Gasteiger partial charge in [0.2, 0.25) is 19.7 Å². The molecule has 16 heteroatoms. The standard InChI is InChI=1S/C72H40F2N4O4S6/c1-37-15-23-41(24-16-37)71(42-25-17-38(2)18-26-42)61-59(69-63(71)67-51(85-69)31-45(83-67)33-55-57(49(35-75)77-5)47-11-7-9-13-53(47)87(55,79)80)66(74)62-60(65(61)73)70-64(72(62,43-27-19-39(3)20-28-43)44-29-21-40(4)22-30-44)68-52(86-70)32-46(84-68)34-56-58(50(36-76)78-6)48-12-8-10-14-54(48)88(56,81)82/h7-34H,1-4H3/b55-33-,56-34-,57-49-,58-50+. The first-order chi connectivity index (χ1) is 42.4. The average Bonchev–Trinajstić information content (AvgIpc) is 1.48. The number of fused-ring (bicyclic) bond motifs is 12. The molecule has 6 heterocycles. The molecule has 0 spiro atoms. The van der Waals surface area contributed by atoms with Crippen LogP contribution in [0.25, 0.3) is 72.7 Å². The highest BCUT2D eigenvalue weighted by Gasteiger charge is 2.59. The maximum atomic E-state index is 20.4. The Labute approximate surface area is 521 Å². The fourth-order valence-electron chi connectivity index (χ4n) is 13.7. The molecule has 7 aromatic carbocycles. The molecule has 0 bridgehead atoms. The maximum Gasteiger partial charge on any atom is 0.270 e. The van der Waals surface area contributed by atoms with Gasteiger partial charge in [-0.15, -0.1) is 45.3 Å². The summed E-state index contributed by atoms with van der Waals surface area (Å²) in [5.41, 5.74) is 4.93. The summed E-state index contributed by atoms with van der Waals surface area (Å²) in [7, 11) is -8.44. The van der Waals surface area contributed by atoms with Gasteiger partial charge < -0.3 is 0 Å². The van der Waals surface area contributed by atoms with E-state index < -0.39 is 42.1 Å². The van der Waals surface area contributed by atoms with Crippen molar-refractivity contribution in [3.8, 4) is 33.0 Å². The van der Waals surface area contributed by atoms with Crippen molar-refractivity contribution in [3.05, 3.63) is 301 Å². The third-order valence-corrected chi connectivity index (χ3v) is 25.9. The van der Waals surface area contributed by atoms with Crippen LogP contribution in [0, 0.1) is 75.1 Å². The van der Waals surface area contributed by atoms with Crippen molar-refractivity contribution < 1.29 is 25.6 Å². The van der Waals surface area contributed by atoms with Gasteiger partial charge in [0.1, 0.15) is 11.6 Å². The van der Waals surface area contributed by atoms with Crippen LogP contribution in [0.3, 0.4) is 0 Å². The SMILES string of the molecule is [C-]#[N+]/C(C#N)=C1\C(=C\c2cc3sc4c(c3s2)C(c2ccc(C)cc2)(c2ccc(C)cc2)c2c(F)c3c(c(F)c2-4)C(c2ccc(C)cc2)(c2ccc(C)cc2)c2c-3sc3cc(/C=C4/C(=C(\C#N)[N+]#[C-])c5ccccc5S4(=O)=O)sc23)S(=O)(=O)c2ccccc21. The molecule has 2 aliphatic carbocycles. The van der Waals surface area contributed by atoms with Crippen LogP contribution in [0.4, 0.5) is 8.78 Å². The van der Waals surface area contributed by atoms with Crippen molar-refractivity contribution in [1.29, 1.82) is 10.5 Å². The molecule has 4 aliphatic rings. The number of rotatable bonds is 6. The van der Waals surface area contributed by atoms with E-state index in [1.807, 2.05) is 149 Å². The van der Waals surface area contributed by atoms with Gasteiger partial charge in [0.05, 0.1) is 65.1 Å². The Balaban J connectivity index is 1.06. The van der Waals surface area contributed by atoms with E-state index in [1.54, 1.807) is 36.4 Å². The molecular formula is C72H40F2N4O4S6. The second-order valence-electron chi connectivity index (χ2n) is 22.3. The molecule has 0 amide bonds. The van der Waals surface area contributed by atoms with E-state index in [0.29, 0.717) is 71.7 Å². The average molecular weight is 1260 g/mol. The first-order valence-corrected chi connectivity index (χ1v) is 33.8. The predicted molar refractivity (Wildman–Crippen MR) is 348 cm³/mol. The molecular weight excluding hydrogens is 1220 g/mol. The van der Waals surface area contributed by atoms with Crippen molar-refractivity contribution in [2.24, 2.45) is 0 Å². The van der Waals surface area contributed by atoms with Crippen LogP contribution in [0.2, 0.25) is 0 Å². The van der Waals surface area contributed by atoms with Gasteiger partial charge in [0, 0.05) is 73.4 Å². The lowest BCUT2D eigenvalue weighted by atomic mass is 9.65. The molecule has 0 radical (unpaired) electrons. The Hall–Kier alpha value is -9.46. The van der Waals surface area contributed by atoms with E-state index in [2.05, 4.69) is 9.69 Å². The van der Waals surface area contributed by atoms with Gasteiger partial charge >= 0.3 is 0 Å². The normalized spacial score (nSPS) is 17.8. The third kappa shape index (κ3) is 7.30. The lowest BCUT2D eigenvalue weighted by Gasteiger charge is -2.36. The summed E-state index contributed by atoms with van der Waals surface area (Å²) in [5, 5.41) is 20.4. The second-order valence-corrected chi connectivity index (χ2v) is 30.3. The molecule has 0 saturated heterocycles. The number of benzene rings is 7. The van der Waals surface area contributed by atoms with E-state index >= 15 is 8.78 Å². The molecule has 422 valence electrons. The van der Waals surface area contributed by atoms with Crippen molar-refractivity contribution in [2.45, 2.75) is 48.3 Å². The molecule has 15 rings (SSSR count). The predicted octanol–water partition coefficient (Wildman–Crippen LogP) is 18.4. The minimum atomic E-state index is -4.22. The van der Waals surface area contributed by atoms with Crippen LogP contribution < -0.4 is 0 Å². The summed E-state index contributed by atoms with van der Waals surface area (Å²) in [4.78, 5) is 8.54. The zero-order chi connectivity index (χ0) is 61.1. The maximum absolute atomic E-state index is 20.4. The number of hydrogen-bond acceptors (Lipinski definition) is 10. The second kappa shape index (κ2) is 19.5. The highest BCUT2D eigenvalue weighted by molar-refractivity contribution is 7.97. The smallest absolute Gasteiger partial charge is 0.226 e. The molecule has 0 unspecified atom stereocenters. The van der Waals surface area contributed by atoms with Gasteiger partial charge in [-0.1, -0.05) is 156 Å². The minimum Gasteiger partial charge on any atom is -0.226 e. The fraction of sp³-hybridized carbons (Fsp3) is 0.0833. The summed E-state index contributed by atoms with van der Waals surface area (Å²) in [6, 6.07) is 51.7. The van der Waals surface area contributed by atoms with Crippen LogP contribution in [0.5, 0.6) is 0 Å². The van der Waals surface area contributed by atoms with E-state index in [1.165, 1.54) is 69.6 Å². The van der Waals surface area contributed by atoms with E-state index in [-0.39, 0.29) is 75.5 Å². The largest absolute Gasteiger partial charge is 0.270 e. The zero-order valence-corrected chi connectivity index (χ0v) is 51.7. The Morgan fingerprint density at radius 3 is 1.10 bits per heavy atom. The van der Waals surface area contributed by atoms with Crippen LogP contribution in [0.1, 0.15) is 87.6 Å². The number of hydrogen-bond donors (Lipinski definition) is 0. The van der Waals surface area contributed by atoms with Crippen molar-refractivity contribution in [1.82, 2.24) is 0 Å². The van der Waals surface area contributed by atoms with Crippen LogP contribution in [0.15, 0.2) is 189 Å². The number of halogens is 2. The van der Waals surface area contributed by atoms with E-state index in [4.69, 9.17) is 13.1 Å². The molecule has 4 aromatic heterocycles. The first-order valence-electron chi connectivity index (χ1n) is 27.6. The van der Waals surface area contributed by atoms with Crippen molar-refractivity contribution in [3.63, 3.8) is 0 Å². The summed E-state index contributed by atoms with van der Waals surface area (Å²) in [6.07, 6.45) is 3.02. The quantitative estimate of drug-likeness (QED) is 0.121. The Morgan fingerprint density at radius 1 is 0.477 bits per heavy atom. The van der Waals surface area contributed by atoms with Crippen LogP contribution in [-0.2, 0) is 30.5 Å². The minimum absolute atomic E-state index is 0.0112. The van der Waals surface area contributed by atoms with Gasteiger partial charge in [0.25, 0.3) is 11.4 Å². The Kier molecular flexibility index (Phi) is 12.2. The number of nitrogens with zero attached hydrogens (tertiary/aromatic N) is 4. The number of nitriles is 2. The molecule has 2 aliphatic heterocycles. The highest BCUT2D eigenvalue weighted by atomic mass is 32.2. The summed E-state index contributed by atoms with van der Waals surface area (Å²) < 4.78 is 101. The first kappa shape index (κ1) is 55.1. The van der Waals surface area contributed by atoms with Gasteiger partial charge in [-0.2, -0.15) is 0 Å². The molecule has 88 heavy (non-hydrogen) atoms. The zero-order valence-electron chi connectivity index (χ0n) is 46.8. The topological polar surface area (TPSA) is 125 Å². The molecule has 0 atom stereocenters. The van der Waals surface area contributed by atoms with Crippen molar-refractivity contribution in [2.75, 3.05) is 0 Å². The molecule has 0 fully saturated rings. The number of aryl methyl sites for hydroxylation is 4. The highest BCUT2D eigenvalue weighted by Crippen LogP contribution is 2.70. The van der Waals surface area contributed by atoms with Gasteiger partial charge in [0.15, 0.2) is 0 Å². The summed E-state index contributed by atoms with van der Waals surface area (Å²) >= 11 is 5.17. The third-order valence-electron chi connectivity index (χ3n) is 17.5. The molecule has 0 N–H and O–H groups in total. The number of allylic oxidation sites excluding steroid dienone is 4. The monoisotopic (exact) mass is 1250 g/mol. The lowest BCUT2D eigenvalue weighted by molar-refractivity contribution is 0.559. The van der Waals surface area contributed by atoms with Crippen LogP contribution in [-0.4, -0.2) is 16.8 Å². The van der Waals surface area contributed by atoms with Gasteiger partial charge in [-0.25, -0.2) is 45.8 Å². The lowest BCUT2D eigenvalue weighted by Crippen LogP contribution is -2.32. The Bertz CT molecular complexity index is 5100. The van der Waals surface area contributed by atoms with Gasteiger partial charge in [-0.05, 0) is 97.5 Å². The summed E-state index contributed by atoms with van der Waals surface area (Å²) in [6.45, 7) is 23.7.